The van der Waals surface area contributed by atoms with E-state index < -0.39 is 0 Å². The van der Waals surface area contributed by atoms with Crippen LogP contribution >= 0.6 is 0 Å². The maximum Gasteiger partial charge on any atom is 0.123 e. The minimum absolute atomic E-state index is 0.109. The van der Waals surface area contributed by atoms with Gasteiger partial charge in [-0.1, -0.05) is 55.5 Å². The van der Waals surface area contributed by atoms with E-state index in [4.69, 9.17) is 11.1 Å². The molecule has 0 saturated carbocycles. The van der Waals surface area contributed by atoms with Crippen molar-refractivity contribution >= 4 is 5.84 Å². The number of rotatable bonds is 6. The van der Waals surface area contributed by atoms with Crippen LogP contribution in [0.1, 0.15) is 24.5 Å². The number of amidine groups is 1. The first-order valence-corrected chi connectivity index (χ1v) is 7.33. The second-order valence-electron chi connectivity index (χ2n) is 5.39. The smallest absolute Gasteiger partial charge is 0.123 e. The fourth-order valence-electron chi connectivity index (χ4n) is 2.53. The molecule has 0 bridgehead atoms. The first kappa shape index (κ1) is 15.3. The summed E-state index contributed by atoms with van der Waals surface area (Å²) in [5.41, 5.74) is 9.86. The van der Waals surface area contributed by atoms with E-state index in [1.807, 2.05) is 24.3 Å². The van der Waals surface area contributed by atoms with Crippen molar-refractivity contribution in [2.24, 2.45) is 5.73 Å². The number of nitrogens with one attached hydrogen (secondary N) is 1. The van der Waals surface area contributed by atoms with Gasteiger partial charge in [0.25, 0.3) is 0 Å². The Morgan fingerprint density at radius 1 is 1.10 bits per heavy atom. The Labute approximate surface area is 126 Å². The van der Waals surface area contributed by atoms with Crippen molar-refractivity contribution in [2.45, 2.75) is 19.9 Å². The predicted octanol–water partition coefficient (Wildman–Crippen LogP) is 3.48. The molecule has 0 amide bonds. The van der Waals surface area contributed by atoms with E-state index in [1.54, 1.807) is 0 Å². The van der Waals surface area contributed by atoms with E-state index in [0.717, 1.165) is 29.8 Å². The van der Waals surface area contributed by atoms with Crippen molar-refractivity contribution in [3.8, 4) is 11.1 Å². The van der Waals surface area contributed by atoms with Crippen LogP contribution in [0.4, 0.5) is 0 Å². The summed E-state index contributed by atoms with van der Waals surface area (Å²) in [5, 5.41) is 7.68. The Morgan fingerprint density at radius 3 is 2.38 bits per heavy atom. The summed E-state index contributed by atoms with van der Waals surface area (Å²) in [7, 11) is 2.14. The van der Waals surface area contributed by atoms with Crippen molar-refractivity contribution in [3.63, 3.8) is 0 Å². The number of nitrogens with two attached hydrogens (primary N) is 1. The van der Waals surface area contributed by atoms with Gasteiger partial charge in [0, 0.05) is 12.1 Å². The molecule has 0 aliphatic heterocycles. The first-order chi connectivity index (χ1) is 10.1. The second-order valence-corrected chi connectivity index (χ2v) is 5.39. The molecule has 2 aromatic carbocycles. The second kappa shape index (κ2) is 7.04. The van der Waals surface area contributed by atoms with E-state index in [2.05, 4.69) is 43.1 Å². The highest BCUT2D eigenvalue weighted by Crippen LogP contribution is 2.24. The van der Waals surface area contributed by atoms with Gasteiger partial charge in [0.15, 0.2) is 0 Å². The van der Waals surface area contributed by atoms with Gasteiger partial charge < -0.3 is 10.6 Å². The molecule has 110 valence electrons. The molecule has 2 aromatic rings. The number of hydrogen-bond acceptors (Lipinski definition) is 2. The van der Waals surface area contributed by atoms with Crippen LogP contribution in [0.3, 0.4) is 0 Å². The minimum Gasteiger partial charge on any atom is -0.384 e. The van der Waals surface area contributed by atoms with Gasteiger partial charge in [-0.3, -0.25) is 5.41 Å². The standard InChI is InChI=1S/C18H23N3/c1-3-12-21(2)13-14-8-10-15(11-9-14)16-6-4-5-7-17(16)18(19)20/h4-11H,3,12-13H2,1-2H3,(H3,19,20). The number of nitrogens with zero attached hydrogens (tertiary/aromatic N) is 1. The SMILES string of the molecule is CCCN(C)Cc1ccc(-c2ccccc2C(=N)N)cc1. The van der Waals surface area contributed by atoms with Crippen LogP contribution in [-0.2, 0) is 6.54 Å². The van der Waals surface area contributed by atoms with Crippen LogP contribution in [0.15, 0.2) is 48.5 Å². The minimum atomic E-state index is 0.109. The zero-order chi connectivity index (χ0) is 15.2. The molecule has 0 aliphatic rings. The van der Waals surface area contributed by atoms with Gasteiger partial charge in [0.2, 0.25) is 0 Å². The largest absolute Gasteiger partial charge is 0.384 e. The topological polar surface area (TPSA) is 53.1 Å². The van der Waals surface area contributed by atoms with Gasteiger partial charge in [0.1, 0.15) is 5.84 Å². The third-order valence-electron chi connectivity index (χ3n) is 3.54. The molecule has 0 heterocycles. The summed E-state index contributed by atoms with van der Waals surface area (Å²) >= 11 is 0. The number of nitrogen functional groups attached to an aromatic ring is 1. The highest BCUT2D eigenvalue weighted by Gasteiger charge is 2.07. The molecule has 0 fully saturated rings. The Morgan fingerprint density at radius 2 is 1.76 bits per heavy atom. The lowest BCUT2D eigenvalue weighted by molar-refractivity contribution is 0.327. The molecule has 0 spiro atoms. The summed E-state index contributed by atoms with van der Waals surface area (Å²) in [6, 6.07) is 16.3. The monoisotopic (exact) mass is 281 g/mol. The molecule has 0 radical (unpaired) electrons. The van der Waals surface area contributed by atoms with Gasteiger partial charge in [-0.25, -0.2) is 0 Å². The van der Waals surface area contributed by atoms with E-state index in [0.29, 0.717) is 0 Å². The highest BCUT2D eigenvalue weighted by atomic mass is 15.1. The molecule has 0 aliphatic carbocycles. The van der Waals surface area contributed by atoms with Gasteiger partial charge in [-0.15, -0.1) is 0 Å². The Bertz CT molecular complexity index is 602. The van der Waals surface area contributed by atoms with Crippen molar-refractivity contribution < 1.29 is 0 Å². The third kappa shape index (κ3) is 3.92. The van der Waals surface area contributed by atoms with E-state index >= 15 is 0 Å². The maximum absolute atomic E-state index is 7.68. The van der Waals surface area contributed by atoms with Crippen LogP contribution in [0, 0.1) is 5.41 Å². The third-order valence-corrected chi connectivity index (χ3v) is 3.54. The van der Waals surface area contributed by atoms with E-state index in [9.17, 15) is 0 Å². The Hall–Kier alpha value is -2.13. The molecule has 0 unspecified atom stereocenters. The molecule has 0 atom stereocenters. The Balaban J connectivity index is 2.21. The summed E-state index contributed by atoms with van der Waals surface area (Å²) < 4.78 is 0. The fourth-order valence-corrected chi connectivity index (χ4v) is 2.53. The number of benzene rings is 2. The quantitative estimate of drug-likeness (QED) is 0.629. The van der Waals surface area contributed by atoms with Crippen LogP contribution in [0.5, 0.6) is 0 Å². The van der Waals surface area contributed by atoms with Crippen molar-refractivity contribution in [3.05, 3.63) is 59.7 Å². The lowest BCUT2D eigenvalue weighted by atomic mass is 9.98. The van der Waals surface area contributed by atoms with Crippen LogP contribution in [0.2, 0.25) is 0 Å². The molecule has 0 saturated heterocycles. The van der Waals surface area contributed by atoms with Crippen molar-refractivity contribution in [1.29, 1.82) is 5.41 Å². The van der Waals surface area contributed by atoms with Gasteiger partial charge >= 0.3 is 0 Å². The zero-order valence-electron chi connectivity index (χ0n) is 12.8. The molecule has 3 heteroatoms. The molecule has 0 aromatic heterocycles. The first-order valence-electron chi connectivity index (χ1n) is 7.33. The number of hydrogen-bond donors (Lipinski definition) is 2. The molecule has 2 rings (SSSR count). The zero-order valence-corrected chi connectivity index (χ0v) is 12.8. The average Bonchev–Trinajstić information content (AvgIpc) is 2.48. The van der Waals surface area contributed by atoms with Crippen LogP contribution in [-0.4, -0.2) is 24.3 Å². The van der Waals surface area contributed by atoms with Crippen molar-refractivity contribution in [2.75, 3.05) is 13.6 Å². The predicted molar refractivity (Wildman–Crippen MR) is 89.5 cm³/mol. The molecular weight excluding hydrogens is 258 g/mol. The maximum atomic E-state index is 7.68. The lowest BCUT2D eigenvalue weighted by Gasteiger charge is -2.16. The van der Waals surface area contributed by atoms with E-state index in [1.165, 1.54) is 12.0 Å². The van der Waals surface area contributed by atoms with Gasteiger partial charge in [-0.05, 0) is 36.7 Å². The normalized spacial score (nSPS) is 10.8. The summed E-state index contributed by atoms with van der Waals surface area (Å²) in [6.07, 6.45) is 1.17. The molecule has 3 N–H and O–H groups in total. The van der Waals surface area contributed by atoms with Crippen molar-refractivity contribution in [1.82, 2.24) is 4.90 Å². The van der Waals surface area contributed by atoms with Crippen LogP contribution in [0.25, 0.3) is 11.1 Å². The van der Waals surface area contributed by atoms with E-state index in [-0.39, 0.29) is 5.84 Å². The van der Waals surface area contributed by atoms with Crippen LogP contribution < -0.4 is 5.73 Å². The average molecular weight is 281 g/mol. The summed E-state index contributed by atoms with van der Waals surface area (Å²) in [6.45, 7) is 4.26. The summed E-state index contributed by atoms with van der Waals surface area (Å²) in [4.78, 5) is 2.32. The molecule has 3 nitrogen and oxygen atoms in total. The summed E-state index contributed by atoms with van der Waals surface area (Å²) in [5.74, 6) is 0.109. The molecule has 21 heavy (non-hydrogen) atoms. The van der Waals surface area contributed by atoms with Gasteiger partial charge in [0.05, 0.1) is 0 Å². The fraction of sp³-hybridized carbons (Fsp3) is 0.278. The highest BCUT2D eigenvalue weighted by molar-refractivity contribution is 6.01. The lowest BCUT2D eigenvalue weighted by Crippen LogP contribution is -2.18. The Kier molecular flexibility index (Phi) is 5.12. The molecular formula is C18H23N3. The van der Waals surface area contributed by atoms with Gasteiger partial charge in [-0.2, -0.15) is 0 Å².